The lowest BCUT2D eigenvalue weighted by molar-refractivity contribution is -0.870. The second-order valence-corrected chi connectivity index (χ2v) is 8.20. The molecular weight excluding hydrogens is 295 g/mol. The normalized spacial score (nSPS) is 15.6. The predicted octanol–water partition coefficient (Wildman–Crippen LogP) is 0.747. The van der Waals surface area contributed by atoms with E-state index >= 15 is 0 Å². The molecule has 0 rings (SSSR count). The zero-order chi connectivity index (χ0) is 16.7. The number of rotatable bonds is 10. The van der Waals surface area contributed by atoms with Crippen molar-refractivity contribution in [3.8, 4) is 0 Å². The van der Waals surface area contributed by atoms with Crippen LogP contribution in [0.15, 0.2) is 0 Å². The monoisotopic (exact) mass is 324 g/mol. The third-order valence-electron chi connectivity index (χ3n) is 3.10. The summed E-state index contributed by atoms with van der Waals surface area (Å²) in [6, 6.07) is 0. The maximum atomic E-state index is 11.7. The fourth-order valence-electron chi connectivity index (χ4n) is 1.15. The number of nitrogens with zero attached hydrogens (tertiary/aromatic N) is 1. The van der Waals surface area contributed by atoms with E-state index in [4.69, 9.17) is 9.26 Å². The molecule has 1 atom stereocenters. The molecule has 0 amide bonds. The Morgan fingerprint density at radius 2 is 1.86 bits per heavy atom. The molecule has 7 nitrogen and oxygen atoms in total. The van der Waals surface area contributed by atoms with Crippen molar-refractivity contribution < 1.29 is 28.0 Å². The molecule has 0 bridgehead atoms. The number of hydrogen-bond acceptors (Lipinski definition) is 5. The van der Waals surface area contributed by atoms with Gasteiger partial charge in [-0.15, -0.1) is 0 Å². The van der Waals surface area contributed by atoms with Crippen LogP contribution in [-0.2, 0) is 18.6 Å². The molecule has 0 aliphatic heterocycles. The maximum Gasteiger partial charge on any atom is 0.311 e. The highest BCUT2D eigenvalue weighted by atomic mass is 31.2. The number of hydrogen-bond donors (Lipinski definition) is 1. The van der Waals surface area contributed by atoms with Gasteiger partial charge in [0.1, 0.15) is 19.8 Å². The molecule has 0 aromatic rings. The number of nitrogens with one attached hydrogen (secondary N) is 1. The molecule has 0 aromatic heterocycles. The minimum Gasteiger partial charge on any atom is -0.766 e. The Morgan fingerprint density at radius 1 is 1.29 bits per heavy atom. The zero-order valence-electron chi connectivity index (χ0n) is 14.0. The summed E-state index contributed by atoms with van der Waals surface area (Å²) in [4.78, 5) is 23.2. The van der Waals surface area contributed by atoms with Crippen LogP contribution in [0.3, 0.4) is 0 Å². The predicted molar refractivity (Wildman–Crippen MR) is 79.5 cm³/mol. The van der Waals surface area contributed by atoms with E-state index in [-0.39, 0.29) is 25.7 Å². The summed E-state index contributed by atoms with van der Waals surface area (Å²) < 4.78 is 22.0. The van der Waals surface area contributed by atoms with Crippen molar-refractivity contribution >= 4 is 13.7 Å². The molecule has 1 unspecified atom stereocenters. The minimum atomic E-state index is -4.09. The molecular formula is C13H29N2O5P. The van der Waals surface area contributed by atoms with Gasteiger partial charge < -0.3 is 18.6 Å². The van der Waals surface area contributed by atoms with Gasteiger partial charge in [0.25, 0.3) is 0 Å². The van der Waals surface area contributed by atoms with Gasteiger partial charge >= 0.3 is 5.97 Å². The Kier molecular flexibility index (Phi) is 8.07. The molecule has 126 valence electrons. The van der Waals surface area contributed by atoms with Crippen LogP contribution in [0.5, 0.6) is 0 Å². The van der Waals surface area contributed by atoms with E-state index in [1.165, 1.54) is 0 Å². The number of likely N-dealkylation sites (N-methyl/N-ethyl adjacent to an activating group) is 1. The summed E-state index contributed by atoms with van der Waals surface area (Å²) in [5.41, 5.74) is -0.553. The Balaban J connectivity index is 3.95. The van der Waals surface area contributed by atoms with Gasteiger partial charge in [-0.3, -0.25) is 14.4 Å². The molecule has 1 N–H and O–H groups in total. The third-order valence-corrected chi connectivity index (χ3v) is 4.23. The molecule has 0 saturated heterocycles. The summed E-state index contributed by atoms with van der Waals surface area (Å²) in [7, 11) is 1.75. The Morgan fingerprint density at radius 3 is 2.33 bits per heavy atom. The number of esters is 1. The van der Waals surface area contributed by atoms with E-state index in [0.717, 1.165) is 0 Å². The Bertz CT molecular complexity index is 379. The molecule has 0 spiro atoms. The molecule has 0 heterocycles. The van der Waals surface area contributed by atoms with Gasteiger partial charge in [0.15, 0.2) is 0 Å². The summed E-state index contributed by atoms with van der Waals surface area (Å²) in [6.45, 7) is 6.16. The quantitative estimate of drug-likeness (QED) is 0.276. The summed E-state index contributed by atoms with van der Waals surface area (Å²) in [5, 5.41) is 2.26. The van der Waals surface area contributed by atoms with Crippen LogP contribution in [0.4, 0.5) is 0 Å². The highest BCUT2D eigenvalue weighted by Gasteiger charge is 2.26. The second kappa shape index (κ2) is 8.25. The first kappa shape index (κ1) is 20.5. The van der Waals surface area contributed by atoms with Crippen LogP contribution in [0.1, 0.15) is 27.2 Å². The highest BCUT2D eigenvalue weighted by Crippen LogP contribution is 2.30. The van der Waals surface area contributed by atoms with Crippen molar-refractivity contribution in [1.29, 1.82) is 0 Å². The Hall–Kier alpha value is -0.460. The molecule has 0 aliphatic rings. The van der Waals surface area contributed by atoms with E-state index in [0.29, 0.717) is 17.4 Å². The van der Waals surface area contributed by atoms with Gasteiger partial charge in [0, 0.05) is 6.54 Å². The first-order valence-electron chi connectivity index (χ1n) is 7.08. The van der Waals surface area contributed by atoms with Crippen LogP contribution in [-0.4, -0.2) is 57.9 Å². The van der Waals surface area contributed by atoms with Crippen LogP contribution in [0.2, 0.25) is 0 Å². The average Bonchev–Trinajstić information content (AvgIpc) is 2.32. The number of carbonyl (C=O) groups excluding carboxylic acids is 1. The lowest BCUT2D eigenvalue weighted by atomic mass is 9.91. The fraction of sp³-hybridized carbons (Fsp3) is 0.923. The number of ether oxygens (including phenoxy) is 1. The highest BCUT2D eigenvalue weighted by molar-refractivity contribution is 7.49. The molecule has 0 aliphatic carbocycles. The van der Waals surface area contributed by atoms with E-state index in [9.17, 15) is 14.3 Å². The second-order valence-electron chi connectivity index (χ2n) is 6.63. The van der Waals surface area contributed by atoms with Crippen LogP contribution in [0.25, 0.3) is 0 Å². The first-order valence-corrected chi connectivity index (χ1v) is 8.62. The molecule has 0 aromatic carbocycles. The summed E-state index contributed by atoms with van der Waals surface area (Å²) >= 11 is 0. The number of quaternary nitrogens is 1. The smallest absolute Gasteiger partial charge is 0.311 e. The van der Waals surface area contributed by atoms with Gasteiger partial charge in [-0.2, -0.15) is 0 Å². The van der Waals surface area contributed by atoms with Gasteiger partial charge in [-0.05, 0) is 20.3 Å². The zero-order valence-corrected chi connectivity index (χ0v) is 14.9. The van der Waals surface area contributed by atoms with E-state index in [1.54, 1.807) is 13.8 Å². The van der Waals surface area contributed by atoms with Gasteiger partial charge in [-0.1, -0.05) is 6.92 Å². The van der Waals surface area contributed by atoms with Crippen LogP contribution >= 0.6 is 7.75 Å². The van der Waals surface area contributed by atoms with Gasteiger partial charge in [-0.25, -0.2) is 0 Å². The lowest BCUT2D eigenvalue weighted by Gasteiger charge is -2.28. The SMILES string of the molecule is CCC(C)(C)C(=O)OCCNP(=O)([O-])OCC[N+](C)(C)C. The summed E-state index contributed by atoms with van der Waals surface area (Å²) in [5.74, 6) is -0.335. The van der Waals surface area contributed by atoms with E-state index in [1.807, 2.05) is 28.1 Å². The van der Waals surface area contributed by atoms with Crippen molar-refractivity contribution in [3.63, 3.8) is 0 Å². The first-order chi connectivity index (χ1) is 9.40. The van der Waals surface area contributed by atoms with Crippen molar-refractivity contribution in [2.24, 2.45) is 5.41 Å². The molecule has 0 fully saturated rings. The van der Waals surface area contributed by atoms with E-state index < -0.39 is 13.2 Å². The topological polar surface area (TPSA) is 87.7 Å². The average molecular weight is 324 g/mol. The standard InChI is InChI=1S/C13H29N2O5P/c1-7-13(2,3)12(16)19-10-8-14-21(17,18)20-11-9-15(4,5)6/h7-11H2,1-6H3,(H-,14,17,18). The maximum absolute atomic E-state index is 11.7. The molecule has 0 saturated carbocycles. The third kappa shape index (κ3) is 9.98. The van der Waals surface area contributed by atoms with E-state index in [2.05, 4.69) is 5.09 Å². The van der Waals surface area contributed by atoms with Crippen molar-refractivity contribution in [2.75, 3.05) is 47.4 Å². The van der Waals surface area contributed by atoms with Crippen molar-refractivity contribution in [3.05, 3.63) is 0 Å². The van der Waals surface area contributed by atoms with Crippen molar-refractivity contribution in [2.45, 2.75) is 27.2 Å². The molecule has 8 heteroatoms. The fourth-order valence-corrected chi connectivity index (χ4v) is 1.92. The minimum absolute atomic E-state index is 0.00676. The van der Waals surface area contributed by atoms with Crippen LogP contribution in [0, 0.1) is 5.41 Å². The molecule has 21 heavy (non-hydrogen) atoms. The largest absolute Gasteiger partial charge is 0.766 e. The number of carbonyl (C=O) groups is 1. The van der Waals surface area contributed by atoms with Gasteiger partial charge in [0.2, 0.25) is 7.75 Å². The van der Waals surface area contributed by atoms with Gasteiger partial charge in [0.05, 0.1) is 26.6 Å². The Labute approximate surface area is 127 Å². The summed E-state index contributed by atoms with van der Waals surface area (Å²) in [6.07, 6.45) is 0.660. The lowest BCUT2D eigenvalue weighted by Crippen LogP contribution is -2.38. The molecule has 0 radical (unpaired) electrons. The van der Waals surface area contributed by atoms with Crippen LogP contribution < -0.4 is 9.98 Å². The van der Waals surface area contributed by atoms with Crippen molar-refractivity contribution in [1.82, 2.24) is 5.09 Å².